The summed E-state index contributed by atoms with van der Waals surface area (Å²) in [6.45, 7) is 0. The third-order valence-corrected chi connectivity index (χ3v) is 2.35. The molecule has 0 fully saturated rings. The third kappa shape index (κ3) is 1.56. The SMILES string of the molecule is O=c1[nH]oc(-c2ccc(Cl)cc2)c1Cl. The minimum atomic E-state index is -0.434. The minimum absolute atomic E-state index is 0.0484. The molecular weight excluding hydrogens is 225 g/mol. The van der Waals surface area contributed by atoms with E-state index in [1.165, 1.54) is 0 Å². The summed E-state index contributed by atoms with van der Waals surface area (Å²) in [6, 6.07) is 6.83. The van der Waals surface area contributed by atoms with Crippen LogP contribution in [0.15, 0.2) is 33.6 Å². The molecule has 0 radical (unpaired) electrons. The molecule has 0 spiro atoms. The van der Waals surface area contributed by atoms with Gasteiger partial charge in [-0.3, -0.25) is 4.79 Å². The Kier molecular flexibility index (Phi) is 2.35. The average molecular weight is 230 g/mol. The van der Waals surface area contributed by atoms with E-state index in [1.54, 1.807) is 24.3 Å². The first-order valence-corrected chi connectivity index (χ1v) is 4.57. The third-order valence-electron chi connectivity index (χ3n) is 1.75. The van der Waals surface area contributed by atoms with Gasteiger partial charge in [0.2, 0.25) is 0 Å². The van der Waals surface area contributed by atoms with Gasteiger partial charge in [0, 0.05) is 10.6 Å². The molecule has 0 atom stereocenters. The van der Waals surface area contributed by atoms with Crippen LogP contribution in [0.1, 0.15) is 0 Å². The van der Waals surface area contributed by atoms with Crippen molar-refractivity contribution in [2.45, 2.75) is 0 Å². The summed E-state index contributed by atoms with van der Waals surface area (Å²) < 4.78 is 4.91. The van der Waals surface area contributed by atoms with Crippen LogP contribution in [-0.4, -0.2) is 5.16 Å². The van der Waals surface area contributed by atoms with E-state index in [1.807, 2.05) is 0 Å². The molecule has 3 nitrogen and oxygen atoms in total. The number of H-pyrrole nitrogens is 1. The highest BCUT2D eigenvalue weighted by atomic mass is 35.5. The summed E-state index contributed by atoms with van der Waals surface area (Å²) >= 11 is 11.4. The summed E-state index contributed by atoms with van der Waals surface area (Å²) in [5, 5.41) is 2.82. The number of aromatic amines is 1. The maximum atomic E-state index is 11.0. The number of hydrogen-bond donors (Lipinski definition) is 1. The van der Waals surface area contributed by atoms with E-state index in [0.29, 0.717) is 16.3 Å². The Labute approximate surface area is 89.2 Å². The molecule has 0 aliphatic rings. The van der Waals surface area contributed by atoms with Crippen LogP contribution in [0.5, 0.6) is 0 Å². The van der Waals surface area contributed by atoms with Crippen molar-refractivity contribution >= 4 is 23.2 Å². The molecule has 0 aliphatic carbocycles. The Bertz CT molecular complexity index is 498. The normalized spacial score (nSPS) is 10.4. The fraction of sp³-hybridized carbons (Fsp3) is 0. The topological polar surface area (TPSA) is 46.0 Å². The quantitative estimate of drug-likeness (QED) is 0.818. The molecule has 0 saturated carbocycles. The van der Waals surface area contributed by atoms with E-state index in [2.05, 4.69) is 5.16 Å². The largest absolute Gasteiger partial charge is 0.377 e. The standard InChI is InChI=1S/C9H5Cl2NO2/c10-6-3-1-5(2-4-6)8-7(11)9(13)12-14-8/h1-4H,(H,12,13). The van der Waals surface area contributed by atoms with Crippen molar-refractivity contribution in [3.8, 4) is 11.3 Å². The highest BCUT2D eigenvalue weighted by Crippen LogP contribution is 2.25. The highest BCUT2D eigenvalue weighted by molar-refractivity contribution is 6.32. The van der Waals surface area contributed by atoms with Crippen molar-refractivity contribution in [3.05, 3.63) is 44.7 Å². The zero-order valence-electron chi connectivity index (χ0n) is 6.88. The van der Waals surface area contributed by atoms with Gasteiger partial charge >= 0.3 is 0 Å². The van der Waals surface area contributed by atoms with E-state index in [0.717, 1.165) is 0 Å². The van der Waals surface area contributed by atoms with Gasteiger partial charge in [0.15, 0.2) is 10.8 Å². The van der Waals surface area contributed by atoms with E-state index in [-0.39, 0.29) is 5.02 Å². The fourth-order valence-electron chi connectivity index (χ4n) is 1.08. The molecular formula is C9H5Cl2NO2. The second-order valence-electron chi connectivity index (χ2n) is 2.68. The second kappa shape index (κ2) is 3.52. The molecule has 72 valence electrons. The van der Waals surface area contributed by atoms with Gasteiger partial charge in [0.1, 0.15) is 0 Å². The minimum Gasteiger partial charge on any atom is -0.377 e. The first-order chi connectivity index (χ1) is 6.68. The number of aromatic nitrogens is 1. The van der Waals surface area contributed by atoms with Gasteiger partial charge in [-0.15, -0.1) is 0 Å². The first kappa shape index (κ1) is 9.37. The average Bonchev–Trinajstić information content (AvgIpc) is 2.50. The van der Waals surface area contributed by atoms with Crippen molar-refractivity contribution in [3.63, 3.8) is 0 Å². The molecule has 14 heavy (non-hydrogen) atoms. The van der Waals surface area contributed by atoms with Crippen LogP contribution in [0.2, 0.25) is 10.0 Å². The zero-order chi connectivity index (χ0) is 10.1. The van der Waals surface area contributed by atoms with E-state index in [4.69, 9.17) is 27.7 Å². The Balaban J connectivity index is 2.55. The van der Waals surface area contributed by atoms with Gasteiger partial charge in [0.05, 0.1) is 0 Å². The van der Waals surface area contributed by atoms with Crippen LogP contribution in [0.25, 0.3) is 11.3 Å². The van der Waals surface area contributed by atoms with Crippen LogP contribution < -0.4 is 5.56 Å². The van der Waals surface area contributed by atoms with Crippen molar-refractivity contribution in [2.75, 3.05) is 0 Å². The second-order valence-corrected chi connectivity index (χ2v) is 3.50. The van der Waals surface area contributed by atoms with E-state index >= 15 is 0 Å². The molecule has 0 amide bonds. The van der Waals surface area contributed by atoms with Gasteiger partial charge in [-0.1, -0.05) is 23.2 Å². The summed E-state index contributed by atoms with van der Waals surface area (Å²) in [6.07, 6.45) is 0. The molecule has 1 heterocycles. The van der Waals surface area contributed by atoms with Crippen molar-refractivity contribution in [1.82, 2.24) is 5.16 Å². The van der Waals surface area contributed by atoms with Crippen molar-refractivity contribution < 1.29 is 4.52 Å². The summed E-state index contributed by atoms with van der Waals surface area (Å²) in [5.41, 5.74) is 0.273. The highest BCUT2D eigenvalue weighted by Gasteiger charge is 2.11. The summed E-state index contributed by atoms with van der Waals surface area (Å²) in [7, 11) is 0. The smallest absolute Gasteiger partial charge is 0.299 e. The van der Waals surface area contributed by atoms with Gasteiger partial charge in [-0.2, -0.15) is 5.16 Å². The Morgan fingerprint density at radius 2 is 1.79 bits per heavy atom. The summed E-state index contributed by atoms with van der Waals surface area (Å²) in [4.78, 5) is 11.0. The molecule has 2 aromatic rings. The molecule has 0 unspecified atom stereocenters. The number of rotatable bonds is 1. The molecule has 0 bridgehead atoms. The molecule has 0 saturated heterocycles. The van der Waals surface area contributed by atoms with Crippen LogP contribution in [0, 0.1) is 0 Å². The van der Waals surface area contributed by atoms with Crippen molar-refractivity contribution in [1.29, 1.82) is 0 Å². The molecule has 1 N–H and O–H groups in total. The van der Waals surface area contributed by atoms with Gasteiger partial charge in [0.25, 0.3) is 5.56 Å². The zero-order valence-corrected chi connectivity index (χ0v) is 8.39. The Morgan fingerprint density at radius 3 is 2.29 bits per heavy atom. The number of benzene rings is 1. The molecule has 1 aromatic heterocycles. The van der Waals surface area contributed by atoms with Gasteiger partial charge in [-0.05, 0) is 24.3 Å². The number of nitrogens with one attached hydrogen (secondary N) is 1. The maximum Gasteiger partial charge on any atom is 0.299 e. The van der Waals surface area contributed by atoms with Crippen LogP contribution in [0.3, 0.4) is 0 Å². The monoisotopic (exact) mass is 229 g/mol. The van der Waals surface area contributed by atoms with Crippen LogP contribution in [-0.2, 0) is 0 Å². The predicted octanol–water partition coefficient (Wildman–Crippen LogP) is 2.94. The van der Waals surface area contributed by atoms with E-state index < -0.39 is 5.56 Å². The molecule has 0 aliphatic heterocycles. The lowest BCUT2D eigenvalue weighted by molar-refractivity contribution is 0.426. The first-order valence-electron chi connectivity index (χ1n) is 3.81. The van der Waals surface area contributed by atoms with E-state index in [9.17, 15) is 4.79 Å². The lowest BCUT2D eigenvalue weighted by Crippen LogP contribution is -1.96. The lowest BCUT2D eigenvalue weighted by Gasteiger charge is -1.95. The molecule has 2 rings (SSSR count). The lowest BCUT2D eigenvalue weighted by atomic mass is 10.2. The maximum absolute atomic E-state index is 11.0. The van der Waals surface area contributed by atoms with Crippen LogP contribution in [0.4, 0.5) is 0 Å². The van der Waals surface area contributed by atoms with Gasteiger partial charge < -0.3 is 4.52 Å². The Morgan fingerprint density at radius 1 is 1.14 bits per heavy atom. The van der Waals surface area contributed by atoms with Gasteiger partial charge in [-0.25, -0.2) is 0 Å². The number of halogens is 2. The predicted molar refractivity (Wildman–Crippen MR) is 54.8 cm³/mol. The number of hydrogen-bond acceptors (Lipinski definition) is 2. The van der Waals surface area contributed by atoms with Crippen molar-refractivity contribution in [2.24, 2.45) is 0 Å². The molecule has 5 heteroatoms. The fourth-order valence-corrected chi connectivity index (χ4v) is 1.39. The Hall–Kier alpha value is -1.19. The molecule has 1 aromatic carbocycles. The summed E-state index contributed by atoms with van der Waals surface area (Å²) in [5.74, 6) is 0.327. The van der Waals surface area contributed by atoms with Crippen LogP contribution >= 0.6 is 23.2 Å².